The number of ketones is 1. The van der Waals surface area contributed by atoms with Gasteiger partial charge >= 0.3 is 0 Å². The fourth-order valence-electron chi connectivity index (χ4n) is 2.54. The third-order valence-electron chi connectivity index (χ3n) is 3.88. The van der Waals surface area contributed by atoms with Crippen LogP contribution in [0.3, 0.4) is 0 Å². The third kappa shape index (κ3) is 3.26. The number of hydrogen-bond donors (Lipinski definition) is 0. The number of carbonyl (C=O) groups excluding carboxylic acids is 1. The molecule has 1 fully saturated rings. The summed E-state index contributed by atoms with van der Waals surface area (Å²) in [7, 11) is 1.67. The van der Waals surface area contributed by atoms with Gasteiger partial charge in [0.2, 0.25) is 0 Å². The van der Waals surface area contributed by atoms with Crippen molar-refractivity contribution < 1.29 is 14.3 Å². The van der Waals surface area contributed by atoms with Crippen molar-refractivity contribution in [2.45, 2.75) is 26.0 Å². The van der Waals surface area contributed by atoms with Crippen LogP contribution >= 0.6 is 0 Å². The zero-order chi connectivity index (χ0) is 14.6. The van der Waals surface area contributed by atoms with E-state index in [-0.39, 0.29) is 5.78 Å². The van der Waals surface area contributed by atoms with Gasteiger partial charge in [-0.05, 0) is 19.4 Å². The molecule has 0 radical (unpaired) electrons. The molecule has 4 nitrogen and oxygen atoms in total. The predicted octanol–water partition coefficient (Wildman–Crippen LogP) is 2.13. The van der Waals surface area contributed by atoms with Crippen LogP contribution in [0.4, 0.5) is 0 Å². The maximum atomic E-state index is 12.7. The molecule has 4 heteroatoms. The highest BCUT2D eigenvalue weighted by molar-refractivity contribution is 6.02. The minimum absolute atomic E-state index is 0.156. The number of nitrogens with zero attached hydrogens (tertiary/aromatic N) is 1. The van der Waals surface area contributed by atoms with Gasteiger partial charge in [0.15, 0.2) is 5.78 Å². The van der Waals surface area contributed by atoms with Gasteiger partial charge in [0, 0.05) is 25.8 Å². The average molecular weight is 277 g/mol. The molecule has 0 amide bonds. The summed E-state index contributed by atoms with van der Waals surface area (Å²) in [6.45, 7) is 7.56. The topological polar surface area (TPSA) is 38.8 Å². The van der Waals surface area contributed by atoms with Crippen LogP contribution in [0.5, 0.6) is 0 Å². The Morgan fingerprint density at radius 2 is 1.85 bits per heavy atom. The smallest absolute Gasteiger partial charge is 0.182 e. The van der Waals surface area contributed by atoms with Gasteiger partial charge in [-0.25, -0.2) is 0 Å². The molecule has 0 saturated carbocycles. The Morgan fingerprint density at radius 3 is 2.40 bits per heavy atom. The summed E-state index contributed by atoms with van der Waals surface area (Å²) in [4.78, 5) is 14.9. The Labute approximate surface area is 120 Å². The van der Waals surface area contributed by atoms with Gasteiger partial charge in [0.25, 0.3) is 0 Å². The van der Waals surface area contributed by atoms with E-state index in [4.69, 9.17) is 9.47 Å². The van der Waals surface area contributed by atoms with Crippen LogP contribution in [0, 0.1) is 0 Å². The first-order valence-corrected chi connectivity index (χ1v) is 7.01. The molecule has 1 heterocycles. The highest BCUT2D eigenvalue weighted by atomic mass is 16.5. The molecule has 1 aliphatic heterocycles. The van der Waals surface area contributed by atoms with Crippen LogP contribution in [0.15, 0.2) is 24.3 Å². The van der Waals surface area contributed by atoms with E-state index in [9.17, 15) is 4.79 Å². The predicted molar refractivity (Wildman–Crippen MR) is 78.0 cm³/mol. The summed E-state index contributed by atoms with van der Waals surface area (Å²) >= 11 is 0. The Balaban J connectivity index is 2.12. The molecule has 0 unspecified atom stereocenters. The molecule has 0 spiro atoms. The van der Waals surface area contributed by atoms with E-state index in [1.54, 1.807) is 7.11 Å². The maximum Gasteiger partial charge on any atom is 0.182 e. The number of benzene rings is 1. The second kappa shape index (κ2) is 6.48. The number of morpholine rings is 1. The summed E-state index contributed by atoms with van der Waals surface area (Å²) in [5.74, 6) is 0.156. The van der Waals surface area contributed by atoms with E-state index in [1.165, 1.54) is 0 Å². The van der Waals surface area contributed by atoms with Gasteiger partial charge in [-0.1, -0.05) is 24.3 Å². The van der Waals surface area contributed by atoms with E-state index in [2.05, 4.69) is 4.90 Å². The van der Waals surface area contributed by atoms with E-state index in [0.717, 1.165) is 24.2 Å². The van der Waals surface area contributed by atoms with Gasteiger partial charge in [0.05, 0.1) is 25.4 Å². The Bertz CT molecular complexity index is 447. The first kappa shape index (κ1) is 15.2. The molecular weight excluding hydrogens is 254 g/mol. The largest absolute Gasteiger partial charge is 0.380 e. The molecule has 20 heavy (non-hydrogen) atoms. The molecule has 1 saturated heterocycles. The Hall–Kier alpha value is -1.23. The Morgan fingerprint density at radius 1 is 1.25 bits per heavy atom. The highest BCUT2D eigenvalue weighted by Crippen LogP contribution is 2.22. The minimum atomic E-state index is -0.493. The fraction of sp³-hybridized carbons (Fsp3) is 0.562. The standard InChI is InChI=1S/C16H23NO3/c1-16(2,17-8-10-20-11-9-17)15(18)14-6-4-13(5-7-14)12-19-3/h4-7H,8-12H2,1-3H3. The highest BCUT2D eigenvalue weighted by Gasteiger charge is 2.35. The van der Waals surface area contributed by atoms with E-state index in [1.807, 2.05) is 38.1 Å². The summed E-state index contributed by atoms with van der Waals surface area (Å²) in [6, 6.07) is 7.68. The molecule has 110 valence electrons. The fourth-order valence-corrected chi connectivity index (χ4v) is 2.54. The molecule has 0 atom stereocenters. The van der Waals surface area contributed by atoms with Gasteiger partial charge in [-0.15, -0.1) is 0 Å². The quantitative estimate of drug-likeness (QED) is 0.773. The van der Waals surface area contributed by atoms with Crippen LogP contribution in [-0.2, 0) is 16.1 Å². The summed E-state index contributed by atoms with van der Waals surface area (Å²) < 4.78 is 10.4. The van der Waals surface area contributed by atoms with Crippen LogP contribution in [0.25, 0.3) is 0 Å². The normalized spacial score (nSPS) is 17.1. The lowest BCUT2D eigenvalue weighted by molar-refractivity contribution is -0.00430. The molecule has 1 aromatic rings. The van der Waals surface area contributed by atoms with Gasteiger partial charge in [0.1, 0.15) is 0 Å². The SMILES string of the molecule is COCc1ccc(C(=O)C(C)(C)N2CCOCC2)cc1. The van der Waals surface area contributed by atoms with Crippen molar-refractivity contribution in [3.05, 3.63) is 35.4 Å². The second-order valence-electron chi connectivity index (χ2n) is 5.62. The number of hydrogen-bond acceptors (Lipinski definition) is 4. The van der Waals surface area contributed by atoms with Crippen molar-refractivity contribution in [2.75, 3.05) is 33.4 Å². The van der Waals surface area contributed by atoms with Crippen LogP contribution < -0.4 is 0 Å². The first-order chi connectivity index (χ1) is 9.55. The van der Waals surface area contributed by atoms with Crippen molar-refractivity contribution in [1.29, 1.82) is 0 Å². The molecule has 1 aliphatic rings. The van der Waals surface area contributed by atoms with Crippen molar-refractivity contribution in [3.8, 4) is 0 Å². The van der Waals surface area contributed by atoms with Gasteiger partial charge in [-0.2, -0.15) is 0 Å². The first-order valence-electron chi connectivity index (χ1n) is 7.01. The van der Waals surface area contributed by atoms with Crippen LogP contribution in [0.2, 0.25) is 0 Å². The van der Waals surface area contributed by atoms with Crippen LogP contribution in [-0.4, -0.2) is 49.6 Å². The zero-order valence-corrected chi connectivity index (χ0v) is 12.5. The number of rotatable bonds is 5. The van der Waals surface area contributed by atoms with Gasteiger partial charge < -0.3 is 9.47 Å². The lowest BCUT2D eigenvalue weighted by Gasteiger charge is -2.39. The molecule has 2 rings (SSSR count). The molecule has 0 bridgehead atoms. The summed E-state index contributed by atoms with van der Waals surface area (Å²) in [6.07, 6.45) is 0. The number of Topliss-reactive ketones (excluding diaryl/α,β-unsaturated/α-hetero) is 1. The van der Waals surface area contributed by atoms with E-state index >= 15 is 0 Å². The van der Waals surface area contributed by atoms with E-state index < -0.39 is 5.54 Å². The summed E-state index contributed by atoms with van der Waals surface area (Å²) in [5.41, 5.74) is 1.33. The van der Waals surface area contributed by atoms with Crippen molar-refractivity contribution in [1.82, 2.24) is 4.90 Å². The van der Waals surface area contributed by atoms with Crippen molar-refractivity contribution in [2.24, 2.45) is 0 Å². The molecule has 0 aromatic heterocycles. The molecular formula is C16H23NO3. The second-order valence-corrected chi connectivity index (χ2v) is 5.62. The monoisotopic (exact) mass is 277 g/mol. The lowest BCUT2D eigenvalue weighted by Crippen LogP contribution is -2.54. The average Bonchev–Trinajstić information content (AvgIpc) is 2.48. The number of ether oxygens (including phenoxy) is 2. The van der Waals surface area contributed by atoms with Crippen molar-refractivity contribution in [3.63, 3.8) is 0 Å². The summed E-state index contributed by atoms with van der Waals surface area (Å²) in [5, 5.41) is 0. The Kier molecular flexibility index (Phi) is 4.91. The lowest BCUT2D eigenvalue weighted by atomic mass is 9.90. The van der Waals surface area contributed by atoms with E-state index in [0.29, 0.717) is 19.8 Å². The maximum absolute atomic E-state index is 12.7. The molecule has 0 N–H and O–H groups in total. The van der Waals surface area contributed by atoms with Gasteiger partial charge in [-0.3, -0.25) is 9.69 Å². The molecule has 1 aromatic carbocycles. The van der Waals surface area contributed by atoms with Crippen LogP contribution in [0.1, 0.15) is 29.8 Å². The number of methoxy groups -OCH3 is 1. The van der Waals surface area contributed by atoms with Crippen molar-refractivity contribution >= 4 is 5.78 Å². The number of carbonyl (C=O) groups is 1. The minimum Gasteiger partial charge on any atom is -0.380 e. The third-order valence-corrected chi connectivity index (χ3v) is 3.88. The zero-order valence-electron chi connectivity index (χ0n) is 12.5. The molecule has 0 aliphatic carbocycles.